The molecule has 0 heterocycles. The lowest BCUT2D eigenvalue weighted by atomic mass is 9.97. The number of hydrogen-bond acceptors (Lipinski definition) is 4. The van der Waals surface area contributed by atoms with Crippen LogP contribution in [-0.4, -0.2) is 29.3 Å². The Morgan fingerprint density at radius 2 is 1.79 bits per heavy atom. The summed E-state index contributed by atoms with van der Waals surface area (Å²) in [5.41, 5.74) is 0.0181. The lowest BCUT2D eigenvalue weighted by Crippen LogP contribution is -2.42. The summed E-state index contributed by atoms with van der Waals surface area (Å²) in [6.07, 6.45) is 7.86. The number of carbonyl (C=O) groups is 2. The third-order valence-corrected chi connectivity index (χ3v) is 4.20. The summed E-state index contributed by atoms with van der Waals surface area (Å²) in [6, 6.07) is 5.61. The van der Waals surface area contributed by atoms with Crippen LogP contribution in [-0.2, 0) is 4.79 Å². The summed E-state index contributed by atoms with van der Waals surface area (Å²) in [5, 5.41) is 16.2. The molecular weight excluding hydrogens is 310 g/mol. The standard InChI is InChI=1S/C17H23N3O4/c21-16(19-14-8-4-2-1-3-5-9-14)12-18-17(22)13-7-6-10-15(11-13)20(23)24/h6-7,10-11,14H,1-5,8-9,12H2,(H,18,22)(H,19,21). The number of non-ortho nitro benzene ring substituents is 1. The number of rotatable bonds is 5. The van der Waals surface area contributed by atoms with Gasteiger partial charge in [-0.15, -0.1) is 0 Å². The van der Waals surface area contributed by atoms with E-state index in [4.69, 9.17) is 0 Å². The Hall–Kier alpha value is -2.44. The van der Waals surface area contributed by atoms with Crippen molar-refractivity contribution in [3.8, 4) is 0 Å². The molecule has 1 aromatic rings. The van der Waals surface area contributed by atoms with Crippen molar-refractivity contribution in [2.45, 2.75) is 51.0 Å². The van der Waals surface area contributed by atoms with Crippen molar-refractivity contribution in [3.63, 3.8) is 0 Å². The number of benzene rings is 1. The van der Waals surface area contributed by atoms with Gasteiger partial charge in [-0.1, -0.05) is 38.2 Å². The highest BCUT2D eigenvalue weighted by Gasteiger charge is 2.16. The summed E-state index contributed by atoms with van der Waals surface area (Å²) in [7, 11) is 0. The van der Waals surface area contributed by atoms with E-state index in [-0.39, 0.29) is 29.7 Å². The molecule has 1 aromatic carbocycles. The number of amides is 2. The molecule has 0 spiro atoms. The highest BCUT2D eigenvalue weighted by atomic mass is 16.6. The number of carbonyl (C=O) groups excluding carboxylic acids is 2. The van der Waals surface area contributed by atoms with Crippen molar-refractivity contribution in [2.24, 2.45) is 0 Å². The summed E-state index contributed by atoms with van der Waals surface area (Å²) >= 11 is 0. The van der Waals surface area contributed by atoms with Gasteiger partial charge in [-0.05, 0) is 18.9 Å². The van der Waals surface area contributed by atoms with Crippen LogP contribution in [0.2, 0.25) is 0 Å². The third kappa shape index (κ3) is 5.64. The Balaban J connectivity index is 1.81. The highest BCUT2D eigenvalue weighted by Crippen LogP contribution is 2.17. The molecule has 0 saturated heterocycles. The molecule has 0 atom stereocenters. The largest absolute Gasteiger partial charge is 0.352 e. The van der Waals surface area contributed by atoms with Gasteiger partial charge in [-0.3, -0.25) is 19.7 Å². The summed E-state index contributed by atoms with van der Waals surface area (Å²) in [4.78, 5) is 34.2. The molecule has 1 aliphatic rings. The summed E-state index contributed by atoms with van der Waals surface area (Å²) in [5.74, 6) is -0.717. The maximum absolute atomic E-state index is 12.0. The molecule has 7 nitrogen and oxygen atoms in total. The van der Waals surface area contributed by atoms with E-state index in [0.29, 0.717) is 0 Å². The molecule has 1 saturated carbocycles. The Kier molecular flexibility index (Phi) is 6.72. The molecule has 0 radical (unpaired) electrons. The van der Waals surface area contributed by atoms with Crippen LogP contribution < -0.4 is 10.6 Å². The fraction of sp³-hybridized carbons (Fsp3) is 0.529. The molecule has 0 aromatic heterocycles. The Morgan fingerprint density at radius 3 is 2.46 bits per heavy atom. The van der Waals surface area contributed by atoms with Gasteiger partial charge in [-0.2, -0.15) is 0 Å². The van der Waals surface area contributed by atoms with Crippen LogP contribution in [0.15, 0.2) is 24.3 Å². The molecule has 1 fully saturated rings. The molecule has 0 aliphatic heterocycles. The lowest BCUT2D eigenvalue weighted by molar-refractivity contribution is -0.384. The minimum atomic E-state index is -0.557. The first-order chi connectivity index (χ1) is 11.6. The second-order valence-electron chi connectivity index (χ2n) is 6.10. The van der Waals surface area contributed by atoms with Crippen molar-refractivity contribution in [1.82, 2.24) is 10.6 Å². The topological polar surface area (TPSA) is 101 Å². The highest BCUT2D eigenvalue weighted by molar-refractivity contribution is 5.96. The number of nitrogens with zero attached hydrogens (tertiary/aromatic N) is 1. The van der Waals surface area contributed by atoms with E-state index in [1.807, 2.05) is 0 Å². The molecule has 2 amide bonds. The van der Waals surface area contributed by atoms with Crippen LogP contribution in [0.25, 0.3) is 0 Å². The average molecular weight is 333 g/mol. The Bertz CT molecular complexity index is 595. The van der Waals surface area contributed by atoms with Gasteiger partial charge in [0.2, 0.25) is 5.91 Å². The van der Waals surface area contributed by atoms with Gasteiger partial charge in [0.05, 0.1) is 11.5 Å². The van der Waals surface area contributed by atoms with E-state index >= 15 is 0 Å². The SMILES string of the molecule is O=C(CNC(=O)c1cccc([N+](=O)[O-])c1)NC1CCCCCCC1. The van der Waals surface area contributed by atoms with Crippen LogP contribution >= 0.6 is 0 Å². The predicted molar refractivity (Wildman–Crippen MR) is 89.7 cm³/mol. The molecule has 0 unspecified atom stereocenters. The maximum atomic E-state index is 12.0. The zero-order valence-corrected chi connectivity index (χ0v) is 13.6. The van der Waals surface area contributed by atoms with Crippen molar-refractivity contribution in [2.75, 3.05) is 6.54 Å². The van der Waals surface area contributed by atoms with Crippen molar-refractivity contribution in [1.29, 1.82) is 0 Å². The zero-order chi connectivity index (χ0) is 17.4. The summed E-state index contributed by atoms with van der Waals surface area (Å²) < 4.78 is 0. The molecule has 7 heteroatoms. The lowest BCUT2D eigenvalue weighted by Gasteiger charge is -2.21. The van der Waals surface area contributed by atoms with Crippen molar-refractivity contribution in [3.05, 3.63) is 39.9 Å². The first-order valence-electron chi connectivity index (χ1n) is 8.38. The van der Waals surface area contributed by atoms with Crippen LogP contribution in [0.1, 0.15) is 55.3 Å². The zero-order valence-electron chi connectivity index (χ0n) is 13.6. The quantitative estimate of drug-likeness (QED) is 0.638. The van der Waals surface area contributed by atoms with Crippen LogP contribution in [0, 0.1) is 10.1 Å². The molecular formula is C17H23N3O4. The van der Waals surface area contributed by atoms with E-state index in [9.17, 15) is 19.7 Å². The fourth-order valence-corrected chi connectivity index (χ4v) is 2.90. The second kappa shape index (κ2) is 9.00. The summed E-state index contributed by atoms with van der Waals surface area (Å²) in [6.45, 7) is -0.127. The van der Waals surface area contributed by atoms with E-state index < -0.39 is 10.8 Å². The minimum absolute atomic E-state index is 0.127. The fourth-order valence-electron chi connectivity index (χ4n) is 2.90. The van der Waals surface area contributed by atoms with E-state index in [1.165, 1.54) is 43.5 Å². The van der Waals surface area contributed by atoms with Gasteiger partial charge in [0.25, 0.3) is 11.6 Å². The van der Waals surface area contributed by atoms with Gasteiger partial charge >= 0.3 is 0 Å². The van der Waals surface area contributed by atoms with E-state index in [1.54, 1.807) is 0 Å². The van der Waals surface area contributed by atoms with Crippen LogP contribution in [0.5, 0.6) is 0 Å². The van der Waals surface area contributed by atoms with Crippen molar-refractivity contribution >= 4 is 17.5 Å². The normalized spacial score (nSPS) is 15.8. The van der Waals surface area contributed by atoms with Crippen molar-refractivity contribution < 1.29 is 14.5 Å². The van der Waals surface area contributed by atoms with Gasteiger partial charge in [0.1, 0.15) is 0 Å². The Morgan fingerprint density at radius 1 is 1.12 bits per heavy atom. The Labute approximate surface area is 141 Å². The predicted octanol–water partition coefficient (Wildman–Crippen LogP) is 2.55. The number of nitrogens with one attached hydrogen (secondary N) is 2. The van der Waals surface area contributed by atoms with E-state index in [2.05, 4.69) is 10.6 Å². The van der Waals surface area contributed by atoms with Gasteiger partial charge < -0.3 is 10.6 Å². The second-order valence-corrected chi connectivity index (χ2v) is 6.10. The number of nitro benzene ring substituents is 1. The molecule has 0 bridgehead atoms. The molecule has 1 aliphatic carbocycles. The number of nitro groups is 1. The molecule has 2 rings (SSSR count). The minimum Gasteiger partial charge on any atom is -0.352 e. The molecule has 2 N–H and O–H groups in total. The van der Waals surface area contributed by atoms with Crippen LogP contribution in [0.4, 0.5) is 5.69 Å². The van der Waals surface area contributed by atoms with Gasteiger partial charge in [0.15, 0.2) is 0 Å². The third-order valence-electron chi connectivity index (χ3n) is 4.20. The van der Waals surface area contributed by atoms with Crippen LogP contribution in [0.3, 0.4) is 0 Å². The first-order valence-corrected chi connectivity index (χ1v) is 8.38. The maximum Gasteiger partial charge on any atom is 0.270 e. The molecule has 130 valence electrons. The average Bonchev–Trinajstić information content (AvgIpc) is 2.55. The smallest absolute Gasteiger partial charge is 0.270 e. The van der Waals surface area contributed by atoms with E-state index in [0.717, 1.165) is 25.7 Å². The first kappa shape index (κ1) is 17.9. The van der Waals surface area contributed by atoms with Gasteiger partial charge in [0, 0.05) is 23.7 Å². The van der Waals surface area contributed by atoms with Gasteiger partial charge in [-0.25, -0.2) is 0 Å². The molecule has 24 heavy (non-hydrogen) atoms. The number of hydrogen-bond donors (Lipinski definition) is 2. The monoisotopic (exact) mass is 333 g/mol.